The van der Waals surface area contributed by atoms with E-state index in [4.69, 9.17) is 74.8 Å². The summed E-state index contributed by atoms with van der Waals surface area (Å²) in [5.41, 5.74) is -0.511. The lowest BCUT2D eigenvalue weighted by molar-refractivity contribution is -0.150. The van der Waals surface area contributed by atoms with Gasteiger partial charge in [0.25, 0.3) is 0 Å². The van der Waals surface area contributed by atoms with Crippen LogP contribution in [0.3, 0.4) is 0 Å². The van der Waals surface area contributed by atoms with Gasteiger partial charge in [0, 0.05) is 16.7 Å². The van der Waals surface area contributed by atoms with Gasteiger partial charge in [-0.25, -0.2) is 0 Å². The van der Waals surface area contributed by atoms with Gasteiger partial charge >= 0.3 is 30.3 Å². The van der Waals surface area contributed by atoms with Crippen LogP contribution in [0, 0.1) is 85.7 Å². The number of nitriles is 3. The van der Waals surface area contributed by atoms with Crippen LogP contribution >= 0.6 is 46.4 Å². The van der Waals surface area contributed by atoms with Crippen molar-refractivity contribution in [3.05, 3.63) is 213 Å². The molecule has 3 aliphatic carbocycles. The van der Waals surface area contributed by atoms with Gasteiger partial charge in [0.2, 0.25) is 18.3 Å². The van der Waals surface area contributed by atoms with E-state index in [9.17, 15) is 56.5 Å². The average Bonchev–Trinajstić information content (AvgIpc) is 1.60. The monoisotopic (exact) mass is 1310 g/mol. The highest BCUT2D eigenvalue weighted by Gasteiger charge is 2.64. The third kappa shape index (κ3) is 17.9. The summed E-state index contributed by atoms with van der Waals surface area (Å²) in [5, 5.41) is 26.0. The third-order valence-electron chi connectivity index (χ3n) is 15.5. The highest BCUT2D eigenvalue weighted by atomic mass is 35.5. The number of nitrogens with zero attached hydrogens (tertiary/aromatic N) is 3. The Balaban J connectivity index is 0.000000192. The maximum Gasteiger partial charge on any atom is 0.426 e. The fourth-order valence-electron chi connectivity index (χ4n) is 10.1. The van der Waals surface area contributed by atoms with Crippen LogP contribution in [0.5, 0.6) is 34.5 Å². The summed E-state index contributed by atoms with van der Waals surface area (Å²) >= 11 is 22.1. The Hall–Kier alpha value is -8.44. The first kappa shape index (κ1) is 69.0. The summed E-state index contributed by atoms with van der Waals surface area (Å²) < 4.78 is 110. The molecule has 0 heterocycles. The van der Waals surface area contributed by atoms with Gasteiger partial charge in [-0.05, 0) is 113 Å². The summed E-state index contributed by atoms with van der Waals surface area (Å²) in [6.07, 6.45) is -9.53. The number of hydrogen-bond acceptors (Lipinski definition) is 12. The van der Waals surface area contributed by atoms with Crippen LogP contribution in [0.4, 0.5) is 26.3 Å². The second-order valence-electron chi connectivity index (χ2n) is 22.8. The summed E-state index contributed by atoms with van der Waals surface area (Å²) in [5.74, 6) is -2.25. The van der Waals surface area contributed by atoms with Crippen LogP contribution in [0.1, 0.15) is 76.5 Å². The molecule has 90 heavy (non-hydrogen) atoms. The number of rotatable bonds is 18. The normalized spacial score (nSPS) is 20.8. The van der Waals surface area contributed by atoms with Crippen LogP contribution in [-0.2, 0) is 28.6 Å². The number of esters is 3. The van der Waals surface area contributed by atoms with E-state index in [-0.39, 0.29) is 21.7 Å². The van der Waals surface area contributed by atoms with E-state index in [1.54, 1.807) is 131 Å². The minimum atomic E-state index is -4.68. The van der Waals surface area contributed by atoms with Gasteiger partial charge < -0.3 is 28.4 Å². The number of allylic oxidation sites excluding steroid dienone is 5. The molecule has 0 saturated heterocycles. The van der Waals surface area contributed by atoms with Crippen LogP contribution in [0.15, 0.2) is 197 Å². The van der Waals surface area contributed by atoms with Crippen molar-refractivity contribution >= 4 is 64.3 Å². The molecule has 0 N–H and O–H groups in total. The van der Waals surface area contributed by atoms with Crippen molar-refractivity contribution in [2.24, 2.45) is 51.8 Å². The Bertz CT molecular complexity index is 3600. The molecule has 3 saturated carbocycles. The van der Waals surface area contributed by atoms with E-state index in [0.29, 0.717) is 51.2 Å². The van der Waals surface area contributed by atoms with Gasteiger partial charge in [-0.1, -0.05) is 191 Å². The first-order valence-corrected chi connectivity index (χ1v) is 29.1. The second-order valence-corrected chi connectivity index (χ2v) is 24.6. The Labute approximate surface area is 536 Å². The van der Waals surface area contributed by atoms with Crippen molar-refractivity contribution in [1.82, 2.24) is 0 Å². The second kappa shape index (κ2) is 29.0. The predicted molar refractivity (Wildman–Crippen MR) is 324 cm³/mol. The van der Waals surface area contributed by atoms with Crippen LogP contribution in [0.25, 0.3) is 0 Å². The minimum Gasteiger partial charge on any atom is -0.457 e. The molecule has 0 radical (unpaired) electrons. The van der Waals surface area contributed by atoms with Crippen molar-refractivity contribution in [3.8, 4) is 52.7 Å². The average molecular weight is 1320 g/mol. The Kier molecular flexibility index (Phi) is 22.3. The molecule has 12 nitrogen and oxygen atoms in total. The maximum atomic E-state index is 12.7. The molecule has 6 aromatic carbocycles. The van der Waals surface area contributed by atoms with Gasteiger partial charge in [-0.3, -0.25) is 14.4 Å². The van der Waals surface area contributed by atoms with Crippen molar-refractivity contribution in [2.75, 3.05) is 0 Å². The minimum absolute atomic E-state index is 0.114. The molecule has 9 atom stereocenters. The van der Waals surface area contributed by atoms with Crippen molar-refractivity contribution < 1.29 is 69.1 Å². The van der Waals surface area contributed by atoms with Crippen LogP contribution < -0.4 is 14.2 Å². The lowest BCUT2D eigenvalue weighted by Crippen LogP contribution is -2.14. The van der Waals surface area contributed by atoms with Gasteiger partial charge in [0.05, 0.1) is 17.8 Å². The molecule has 0 spiro atoms. The largest absolute Gasteiger partial charge is 0.457 e. The molecule has 3 fully saturated rings. The number of hydrogen-bond donors (Lipinski definition) is 0. The maximum absolute atomic E-state index is 12.7. The fourth-order valence-corrected chi connectivity index (χ4v) is 10.7. The molecule has 4 unspecified atom stereocenters. The first-order valence-electron chi connectivity index (χ1n) is 27.6. The van der Waals surface area contributed by atoms with Crippen molar-refractivity contribution in [1.29, 1.82) is 15.8 Å². The zero-order chi connectivity index (χ0) is 65.9. The van der Waals surface area contributed by atoms with Gasteiger partial charge in [-0.15, -0.1) is 0 Å². The standard InChI is InChI=1S/2C23H19ClF3NO3.C22H19Cl2NO3/c2*1-22(2)17(12-19(24)23(25,26)27)20(22)21(29)31-18(13-28)14-7-6-10-16(11-14)30-15-8-4-3-5-9-15;1-22(2)17(12-19(23)24)20(22)21(26)28-18(13-25)14-7-6-10-16(11-14)27-15-8-4-3-5-9-15/h2*3-12,17-18,20H,1-2H3;3-12,17-18,20H,1-2H3/b2*19-12-;/t17-,18?,20-;17-,18+,20-;/m00./s1. The molecule has 0 bridgehead atoms. The first-order chi connectivity index (χ1) is 42.4. The number of halogens is 10. The molecular formula is C68H57Cl4F6N3O9. The number of carbonyl (C=O) groups is 3. The SMILES string of the molecule is CC1(C)C(C=C(Cl)Cl)C1C(=O)OC(C#N)c1cccc(Oc2ccccc2)c1.CC1(C)[C@H](C(=O)OC(C#N)c2cccc(Oc3ccccc3)c2)[C@@H]1/C=C(\Cl)C(F)(F)F.CC1(C)[C@H](C(=O)O[C@H](C#N)c2cccc(Oc3ccccc3)c2)[C@@H]1/C=C(\Cl)C(F)(F)F. The van der Waals surface area contributed by atoms with Crippen LogP contribution in [-0.4, -0.2) is 30.3 Å². The molecule has 468 valence electrons. The van der Waals surface area contributed by atoms with E-state index in [0.717, 1.165) is 12.2 Å². The number of alkyl halides is 6. The highest BCUT2D eigenvalue weighted by molar-refractivity contribution is 6.55. The Morgan fingerprint density at radius 3 is 0.889 bits per heavy atom. The summed E-state index contributed by atoms with van der Waals surface area (Å²) in [6.45, 7) is 10.5. The molecule has 6 aromatic rings. The molecule has 22 heteroatoms. The molecule has 0 amide bonds. The van der Waals surface area contributed by atoms with E-state index >= 15 is 0 Å². The highest BCUT2D eigenvalue weighted by Crippen LogP contribution is 2.63. The fraction of sp³-hybridized carbons (Fsp3) is 0.294. The number of ether oxygens (including phenoxy) is 6. The Morgan fingerprint density at radius 1 is 0.411 bits per heavy atom. The molecule has 0 aromatic heterocycles. The smallest absolute Gasteiger partial charge is 0.426 e. The zero-order valence-electron chi connectivity index (χ0n) is 48.8. The zero-order valence-corrected chi connectivity index (χ0v) is 51.8. The van der Waals surface area contributed by atoms with Gasteiger partial charge in [0.1, 0.15) is 67.3 Å². The molecular weight excluding hydrogens is 1260 g/mol. The molecule has 9 rings (SSSR count). The van der Waals surface area contributed by atoms with Gasteiger partial charge in [0.15, 0.2) is 0 Å². The number of para-hydroxylation sites is 3. The number of benzene rings is 6. The van der Waals surface area contributed by atoms with Crippen molar-refractivity contribution in [2.45, 2.75) is 72.2 Å². The number of carbonyl (C=O) groups excluding carboxylic acids is 3. The molecule has 0 aliphatic heterocycles. The summed E-state index contributed by atoms with van der Waals surface area (Å²) in [6, 6.07) is 53.2. The quantitative estimate of drug-likeness (QED) is 0.0452. The van der Waals surface area contributed by atoms with Crippen LogP contribution in [0.2, 0.25) is 0 Å². The summed E-state index contributed by atoms with van der Waals surface area (Å²) in [4.78, 5) is 37.9. The lowest BCUT2D eigenvalue weighted by Gasteiger charge is -2.13. The van der Waals surface area contributed by atoms with Gasteiger partial charge in [-0.2, -0.15) is 42.1 Å². The van der Waals surface area contributed by atoms with Crippen molar-refractivity contribution in [3.63, 3.8) is 0 Å². The van der Waals surface area contributed by atoms with E-state index in [1.165, 1.54) is 0 Å². The predicted octanol–water partition coefficient (Wildman–Crippen LogP) is 19.3. The van der Waals surface area contributed by atoms with E-state index in [1.807, 2.05) is 98.8 Å². The van der Waals surface area contributed by atoms with E-state index in [2.05, 4.69) is 0 Å². The molecule has 3 aliphatic rings. The third-order valence-corrected chi connectivity index (χ3v) is 16.4. The lowest BCUT2D eigenvalue weighted by atomic mass is 10.1. The van der Waals surface area contributed by atoms with E-state index < -0.39 is 93.1 Å². The topological polar surface area (TPSA) is 178 Å². The summed E-state index contributed by atoms with van der Waals surface area (Å²) in [7, 11) is 0. The Morgan fingerprint density at radius 2 is 0.656 bits per heavy atom.